The molecule has 20 heavy (non-hydrogen) atoms. The van der Waals surface area contributed by atoms with Gasteiger partial charge < -0.3 is 4.74 Å². The number of benzene rings is 1. The minimum atomic E-state index is -0.850. The second-order valence-electron chi connectivity index (χ2n) is 4.35. The lowest BCUT2D eigenvalue weighted by Crippen LogP contribution is -2.30. The monoisotopic (exact) mass is 279 g/mol. The van der Waals surface area contributed by atoms with Crippen LogP contribution in [0.5, 0.6) is 5.75 Å². The fourth-order valence-electron chi connectivity index (χ4n) is 1.99. The Labute approximate surface area is 115 Å². The van der Waals surface area contributed by atoms with Crippen LogP contribution in [-0.2, 0) is 0 Å². The molecule has 0 aliphatic carbocycles. The first kappa shape index (κ1) is 14.4. The highest BCUT2D eigenvalue weighted by Gasteiger charge is 2.23. The average molecular weight is 279 g/mol. The quantitative estimate of drug-likeness (QED) is 0.665. The largest absolute Gasteiger partial charge is 0.495 e. The number of pyridine rings is 1. The summed E-state index contributed by atoms with van der Waals surface area (Å²) >= 11 is 0. The minimum absolute atomic E-state index is 0.137. The van der Waals surface area contributed by atoms with Gasteiger partial charge in [-0.3, -0.25) is 10.8 Å². The van der Waals surface area contributed by atoms with E-state index in [4.69, 9.17) is 10.6 Å². The van der Waals surface area contributed by atoms with Crippen molar-refractivity contribution in [1.29, 1.82) is 0 Å². The predicted molar refractivity (Wildman–Crippen MR) is 71.1 cm³/mol. The van der Waals surface area contributed by atoms with Crippen molar-refractivity contribution in [3.63, 3.8) is 0 Å². The van der Waals surface area contributed by atoms with Crippen LogP contribution in [0.4, 0.5) is 8.78 Å². The van der Waals surface area contributed by atoms with Crippen LogP contribution in [0.15, 0.2) is 30.6 Å². The first-order valence-corrected chi connectivity index (χ1v) is 5.98. The first-order valence-electron chi connectivity index (χ1n) is 5.98. The summed E-state index contributed by atoms with van der Waals surface area (Å²) in [7, 11) is 1.49. The predicted octanol–water partition coefficient (Wildman–Crippen LogP) is 2.23. The van der Waals surface area contributed by atoms with Crippen LogP contribution in [0.1, 0.15) is 22.7 Å². The zero-order valence-corrected chi connectivity index (χ0v) is 11.2. The summed E-state index contributed by atoms with van der Waals surface area (Å²) in [6.07, 6.45) is 2.98. The normalized spacial score (nSPS) is 12.2. The third kappa shape index (κ3) is 2.61. The van der Waals surface area contributed by atoms with Gasteiger partial charge in [-0.15, -0.1) is 0 Å². The Morgan fingerprint density at radius 2 is 2.05 bits per heavy atom. The molecule has 0 aliphatic rings. The second kappa shape index (κ2) is 5.94. The Morgan fingerprint density at radius 1 is 1.30 bits per heavy atom. The number of hydrogen-bond donors (Lipinski definition) is 2. The number of aromatic nitrogens is 1. The summed E-state index contributed by atoms with van der Waals surface area (Å²) in [5.41, 5.74) is 3.14. The van der Waals surface area contributed by atoms with Crippen LogP contribution >= 0.6 is 0 Å². The van der Waals surface area contributed by atoms with Crippen molar-refractivity contribution >= 4 is 0 Å². The van der Waals surface area contributed by atoms with E-state index < -0.39 is 17.7 Å². The van der Waals surface area contributed by atoms with Gasteiger partial charge in [-0.2, -0.15) is 0 Å². The van der Waals surface area contributed by atoms with Crippen molar-refractivity contribution in [3.05, 3.63) is 58.9 Å². The van der Waals surface area contributed by atoms with Gasteiger partial charge in [0, 0.05) is 11.8 Å². The maximum Gasteiger partial charge on any atom is 0.137 e. The van der Waals surface area contributed by atoms with Crippen LogP contribution in [0.3, 0.4) is 0 Å². The van der Waals surface area contributed by atoms with E-state index in [9.17, 15) is 8.78 Å². The van der Waals surface area contributed by atoms with Crippen molar-refractivity contribution in [2.24, 2.45) is 5.84 Å². The van der Waals surface area contributed by atoms with E-state index in [1.54, 1.807) is 13.0 Å². The van der Waals surface area contributed by atoms with Crippen molar-refractivity contribution in [3.8, 4) is 5.75 Å². The van der Waals surface area contributed by atoms with Gasteiger partial charge in [-0.1, -0.05) is 6.07 Å². The smallest absolute Gasteiger partial charge is 0.137 e. The van der Waals surface area contributed by atoms with Gasteiger partial charge in [-0.05, 0) is 30.2 Å². The lowest BCUT2D eigenvalue weighted by atomic mass is 9.97. The Bertz CT molecular complexity index is 619. The summed E-state index contributed by atoms with van der Waals surface area (Å²) in [5.74, 6) is 4.65. The molecule has 1 unspecified atom stereocenters. The summed E-state index contributed by atoms with van der Waals surface area (Å²) in [5, 5.41) is 0. The molecule has 3 N–H and O–H groups in total. The van der Waals surface area contributed by atoms with Crippen LogP contribution in [0, 0.1) is 18.6 Å². The van der Waals surface area contributed by atoms with Crippen LogP contribution < -0.4 is 16.0 Å². The van der Waals surface area contributed by atoms with Crippen molar-refractivity contribution < 1.29 is 13.5 Å². The molecule has 2 rings (SSSR count). The summed E-state index contributed by atoms with van der Waals surface area (Å²) < 4.78 is 33.2. The maximum absolute atomic E-state index is 14.2. The lowest BCUT2D eigenvalue weighted by molar-refractivity contribution is 0.411. The maximum atomic E-state index is 14.2. The van der Waals surface area contributed by atoms with E-state index in [0.29, 0.717) is 16.9 Å². The van der Waals surface area contributed by atoms with E-state index in [2.05, 4.69) is 10.4 Å². The van der Waals surface area contributed by atoms with E-state index in [1.165, 1.54) is 31.6 Å². The molecule has 4 nitrogen and oxygen atoms in total. The highest BCUT2D eigenvalue weighted by molar-refractivity contribution is 5.37. The van der Waals surface area contributed by atoms with Crippen molar-refractivity contribution in [2.45, 2.75) is 13.0 Å². The lowest BCUT2D eigenvalue weighted by Gasteiger charge is -2.19. The summed E-state index contributed by atoms with van der Waals surface area (Å²) in [4.78, 5) is 3.97. The van der Waals surface area contributed by atoms with Crippen LogP contribution in [-0.4, -0.2) is 12.1 Å². The Hall–Kier alpha value is -2.05. The fourth-order valence-corrected chi connectivity index (χ4v) is 1.99. The summed E-state index contributed by atoms with van der Waals surface area (Å²) in [6, 6.07) is 3.37. The number of ether oxygens (including phenoxy) is 1. The Morgan fingerprint density at radius 3 is 2.70 bits per heavy atom. The Kier molecular flexibility index (Phi) is 4.26. The van der Waals surface area contributed by atoms with Gasteiger partial charge in [0.2, 0.25) is 0 Å². The number of rotatable bonds is 4. The molecule has 0 aliphatic heterocycles. The summed E-state index contributed by atoms with van der Waals surface area (Å²) in [6.45, 7) is 1.57. The van der Waals surface area contributed by atoms with Gasteiger partial charge in [0.1, 0.15) is 17.4 Å². The molecular weight excluding hydrogens is 264 g/mol. The number of hydrazine groups is 1. The van der Waals surface area contributed by atoms with Crippen LogP contribution in [0.2, 0.25) is 0 Å². The number of nitrogens with one attached hydrogen (secondary N) is 1. The second-order valence-corrected chi connectivity index (χ2v) is 4.35. The molecule has 2 aromatic rings. The number of hydrogen-bond acceptors (Lipinski definition) is 4. The molecule has 0 saturated heterocycles. The standard InChI is InChI=1S/C14H15F2N3O/c1-8-3-4-11(15)12(13(8)16)14(19-17)9-5-10(20-2)7-18-6-9/h3-7,14,19H,17H2,1-2H3. The molecule has 0 radical (unpaired) electrons. The SMILES string of the molecule is COc1cncc(C(NN)c2c(F)ccc(C)c2F)c1. The zero-order chi connectivity index (χ0) is 14.7. The van der Waals surface area contributed by atoms with E-state index >= 15 is 0 Å². The van der Waals surface area contributed by atoms with E-state index in [0.717, 1.165) is 0 Å². The van der Waals surface area contributed by atoms with E-state index in [1.807, 2.05) is 0 Å². The van der Waals surface area contributed by atoms with Crippen LogP contribution in [0.25, 0.3) is 0 Å². The number of nitrogens with zero attached hydrogens (tertiary/aromatic N) is 1. The molecule has 0 saturated carbocycles. The molecule has 1 atom stereocenters. The molecule has 106 valence electrons. The number of halogens is 2. The fraction of sp³-hybridized carbons (Fsp3) is 0.214. The first-order chi connectivity index (χ1) is 9.58. The molecular formula is C14H15F2N3O. The van der Waals surface area contributed by atoms with Gasteiger partial charge >= 0.3 is 0 Å². The Balaban J connectivity index is 2.55. The molecule has 1 heterocycles. The minimum Gasteiger partial charge on any atom is -0.495 e. The number of methoxy groups -OCH3 is 1. The molecule has 0 amide bonds. The third-order valence-electron chi connectivity index (χ3n) is 3.08. The third-order valence-corrected chi connectivity index (χ3v) is 3.08. The zero-order valence-electron chi connectivity index (χ0n) is 11.2. The molecule has 0 spiro atoms. The highest BCUT2D eigenvalue weighted by Crippen LogP contribution is 2.29. The number of aryl methyl sites for hydroxylation is 1. The number of nitrogens with two attached hydrogens (primary N) is 1. The molecule has 1 aromatic heterocycles. The molecule has 1 aromatic carbocycles. The van der Waals surface area contributed by atoms with Gasteiger partial charge in [0.05, 0.1) is 19.3 Å². The van der Waals surface area contributed by atoms with Gasteiger partial charge in [0.15, 0.2) is 0 Å². The molecule has 6 heteroatoms. The highest BCUT2D eigenvalue weighted by atomic mass is 19.1. The van der Waals surface area contributed by atoms with E-state index in [-0.39, 0.29) is 5.56 Å². The van der Waals surface area contributed by atoms with Crippen molar-refractivity contribution in [2.75, 3.05) is 7.11 Å². The molecule has 0 fully saturated rings. The van der Waals surface area contributed by atoms with Crippen molar-refractivity contribution in [1.82, 2.24) is 10.4 Å². The van der Waals surface area contributed by atoms with Gasteiger partial charge in [0.25, 0.3) is 0 Å². The topological polar surface area (TPSA) is 60.2 Å². The van der Waals surface area contributed by atoms with Gasteiger partial charge in [-0.25, -0.2) is 14.2 Å². The molecule has 0 bridgehead atoms. The average Bonchev–Trinajstić information content (AvgIpc) is 2.47.